The van der Waals surface area contributed by atoms with Crippen molar-refractivity contribution in [3.05, 3.63) is 42.2 Å². The Morgan fingerprint density at radius 3 is 2.69 bits per heavy atom. The van der Waals surface area contributed by atoms with Crippen LogP contribution in [0.1, 0.15) is 38.3 Å². The molecule has 1 aliphatic rings. The van der Waals surface area contributed by atoms with Crippen molar-refractivity contribution in [2.45, 2.75) is 44.4 Å². The lowest BCUT2D eigenvalue weighted by molar-refractivity contribution is -0.120. The number of aromatic nitrogens is 3. The normalized spacial score (nSPS) is 13.9. The first-order valence-electron chi connectivity index (χ1n) is 11.5. The summed E-state index contributed by atoms with van der Waals surface area (Å²) in [6.07, 6.45) is 2.48. The van der Waals surface area contributed by atoms with E-state index in [1.807, 2.05) is 18.2 Å². The molecule has 2 aromatic heterocycles. The molecule has 0 spiro atoms. The number of hydrogen-bond acceptors (Lipinski definition) is 8. The minimum absolute atomic E-state index is 0.116. The van der Waals surface area contributed by atoms with E-state index in [0.29, 0.717) is 35.7 Å². The summed E-state index contributed by atoms with van der Waals surface area (Å²) in [6.45, 7) is 5.62. The summed E-state index contributed by atoms with van der Waals surface area (Å²) in [7, 11) is 0. The van der Waals surface area contributed by atoms with Crippen molar-refractivity contribution in [1.29, 1.82) is 0 Å². The molecule has 0 aliphatic carbocycles. The van der Waals surface area contributed by atoms with Crippen LogP contribution in [0.2, 0.25) is 0 Å². The molecule has 11 heteroatoms. The largest absolute Gasteiger partial charge is 0.490 e. The number of hydrogen-bond donors (Lipinski definition) is 2. The molecule has 0 bridgehead atoms. The van der Waals surface area contributed by atoms with Gasteiger partial charge in [-0.05, 0) is 35.7 Å². The topological polar surface area (TPSA) is 135 Å². The van der Waals surface area contributed by atoms with Gasteiger partial charge in [-0.15, -0.1) is 10.2 Å². The summed E-state index contributed by atoms with van der Waals surface area (Å²) in [6, 6.07) is 9.09. The van der Waals surface area contributed by atoms with Crippen LogP contribution in [0.25, 0.3) is 11.6 Å². The Bertz CT molecular complexity index is 1160. The molecule has 3 heterocycles. The van der Waals surface area contributed by atoms with Gasteiger partial charge in [-0.2, -0.15) is 0 Å². The van der Waals surface area contributed by atoms with Crippen LogP contribution in [0, 0.1) is 5.92 Å². The van der Waals surface area contributed by atoms with E-state index < -0.39 is 5.91 Å². The van der Waals surface area contributed by atoms with Gasteiger partial charge in [0.1, 0.15) is 0 Å². The van der Waals surface area contributed by atoms with Gasteiger partial charge in [-0.1, -0.05) is 31.7 Å². The molecule has 0 saturated carbocycles. The molecule has 0 radical (unpaired) electrons. The first kappa shape index (κ1) is 24.6. The van der Waals surface area contributed by atoms with Crippen molar-refractivity contribution < 1.29 is 23.5 Å². The van der Waals surface area contributed by atoms with Gasteiger partial charge in [0.15, 0.2) is 28.2 Å². The molecule has 0 fully saturated rings. The molecule has 3 aromatic rings. The second-order valence-electron chi connectivity index (χ2n) is 8.49. The van der Waals surface area contributed by atoms with E-state index in [1.165, 1.54) is 18.0 Å². The van der Waals surface area contributed by atoms with E-state index >= 15 is 0 Å². The average molecular weight is 500 g/mol. The van der Waals surface area contributed by atoms with E-state index in [2.05, 4.69) is 29.4 Å². The minimum atomic E-state index is -0.437. The molecule has 3 N–H and O–H groups in total. The smallest absolute Gasteiger partial charge is 0.230 e. The number of furan rings is 1. The Morgan fingerprint density at radius 1 is 1.17 bits per heavy atom. The highest BCUT2D eigenvalue weighted by Gasteiger charge is 2.23. The zero-order valence-electron chi connectivity index (χ0n) is 19.7. The fraction of sp³-hybridized carbons (Fsp3) is 0.417. The highest BCUT2D eigenvalue weighted by atomic mass is 32.2. The maximum atomic E-state index is 12.9. The van der Waals surface area contributed by atoms with Crippen molar-refractivity contribution in [1.82, 2.24) is 20.1 Å². The van der Waals surface area contributed by atoms with Crippen LogP contribution in [0.5, 0.6) is 11.5 Å². The monoisotopic (exact) mass is 499 g/mol. The summed E-state index contributed by atoms with van der Waals surface area (Å²) >= 11 is 1.24. The molecular weight excluding hydrogens is 470 g/mol. The predicted molar refractivity (Wildman–Crippen MR) is 130 cm³/mol. The third-order valence-corrected chi connectivity index (χ3v) is 6.45. The average Bonchev–Trinajstić information content (AvgIpc) is 3.44. The van der Waals surface area contributed by atoms with Crippen LogP contribution in [0.3, 0.4) is 0 Å². The molecule has 0 saturated heterocycles. The molecule has 1 aromatic carbocycles. The molecule has 1 atom stereocenters. The van der Waals surface area contributed by atoms with E-state index in [9.17, 15) is 9.59 Å². The summed E-state index contributed by atoms with van der Waals surface area (Å²) in [5.41, 5.74) is 6.29. The fourth-order valence-corrected chi connectivity index (χ4v) is 4.54. The van der Waals surface area contributed by atoms with Crippen molar-refractivity contribution in [3.63, 3.8) is 0 Å². The Kier molecular flexibility index (Phi) is 7.96. The van der Waals surface area contributed by atoms with Crippen molar-refractivity contribution >= 4 is 23.6 Å². The third kappa shape index (κ3) is 6.16. The first-order valence-corrected chi connectivity index (χ1v) is 12.5. The number of nitrogens with two attached hydrogens (primary N) is 1. The number of amides is 2. The molecule has 1 aliphatic heterocycles. The van der Waals surface area contributed by atoms with E-state index in [0.717, 1.165) is 17.7 Å². The van der Waals surface area contributed by atoms with Gasteiger partial charge in [-0.3, -0.25) is 14.2 Å². The number of nitrogens with zero attached hydrogens (tertiary/aromatic N) is 3. The Labute approximate surface area is 207 Å². The van der Waals surface area contributed by atoms with E-state index in [4.69, 9.17) is 19.6 Å². The second kappa shape index (κ2) is 11.3. The van der Waals surface area contributed by atoms with Crippen LogP contribution in [-0.2, 0) is 16.1 Å². The lowest BCUT2D eigenvalue weighted by atomic mass is 9.95. The number of carbonyl (C=O) groups excluding carboxylic acids is 2. The van der Waals surface area contributed by atoms with Crippen LogP contribution in [0.4, 0.5) is 0 Å². The highest BCUT2D eigenvalue weighted by molar-refractivity contribution is 7.99. The number of carbonyl (C=O) groups is 2. The minimum Gasteiger partial charge on any atom is -0.490 e. The number of thioether (sulfide) groups is 1. The second-order valence-corrected chi connectivity index (χ2v) is 9.43. The van der Waals surface area contributed by atoms with Crippen molar-refractivity contribution in [3.8, 4) is 23.1 Å². The predicted octanol–water partition coefficient (Wildman–Crippen LogP) is 3.18. The van der Waals surface area contributed by atoms with Crippen LogP contribution in [0.15, 0.2) is 46.2 Å². The Balaban J connectivity index is 1.45. The maximum Gasteiger partial charge on any atom is 0.230 e. The summed E-state index contributed by atoms with van der Waals surface area (Å²) in [5.74, 6) is 2.11. The lowest BCUT2D eigenvalue weighted by Crippen LogP contribution is -2.33. The van der Waals surface area contributed by atoms with Crippen LogP contribution >= 0.6 is 11.8 Å². The van der Waals surface area contributed by atoms with Crippen LogP contribution in [-0.4, -0.2) is 45.5 Å². The SMILES string of the molecule is CC(C)[C@H](NC(=O)CSc1nnc(-c2ccco2)n1CCC(N)=O)c1ccc2c(c1)OCCCO2. The van der Waals surface area contributed by atoms with E-state index in [-0.39, 0.29) is 36.6 Å². The number of rotatable bonds is 10. The number of fused-ring (bicyclic) bond motifs is 1. The van der Waals surface area contributed by atoms with Gasteiger partial charge in [0, 0.05) is 19.4 Å². The summed E-state index contributed by atoms with van der Waals surface area (Å²) < 4.78 is 18.7. The van der Waals surface area contributed by atoms with Crippen molar-refractivity contribution in [2.75, 3.05) is 19.0 Å². The van der Waals surface area contributed by atoms with Gasteiger partial charge in [0.2, 0.25) is 11.8 Å². The number of primary amides is 1. The Hall–Kier alpha value is -3.47. The zero-order valence-corrected chi connectivity index (χ0v) is 20.5. The quantitative estimate of drug-likeness (QED) is 0.406. The lowest BCUT2D eigenvalue weighted by Gasteiger charge is -2.24. The number of benzene rings is 1. The van der Waals surface area contributed by atoms with Gasteiger partial charge in [0.25, 0.3) is 0 Å². The third-order valence-electron chi connectivity index (χ3n) is 5.49. The van der Waals surface area contributed by atoms with Gasteiger partial charge >= 0.3 is 0 Å². The van der Waals surface area contributed by atoms with Gasteiger partial charge in [0.05, 0.1) is 31.3 Å². The van der Waals surface area contributed by atoms with E-state index in [1.54, 1.807) is 16.7 Å². The molecule has 10 nitrogen and oxygen atoms in total. The molecule has 186 valence electrons. The number of nitrogens with one attached hydrogen (secondary N) is 1. The highest BCUT2D eigenvalue weighted by Crippen LogP contribution is 2.34. The molecular formula is C24H29N5O5S. The Morgan fingerprint density at radius 2 is 1.97 bits per heavy atom. The molecule has 0 unspecified atom stereocenters. The van der Waals surface area contributed by atoms with Gasteiger partial charge in [-0.25, -0.2) is 0 Å². The van der Waals surface area contributed by atoms with Crippen LogP contribution < -0.4 is 20.5 Å². The molecule has 35 heavy (non-hydrogen) atoms. The first-order chi connectivity index (χ1) is 16.9. The number of ether oxygens (including phenoxy) is 2. The zero-order chi connectivity index (χ0) is 24.8. The van der Waals surface area contributed by atoms with Gasteiger partial charge < -0.3 is 24.9 Å². The molecule has 2 amide bonds. The fourth-order valence-electron chi connectivity index (χ4n) is 3.76. The maximum absolute atomic E-state index is 12.9. The standard InChI is InChI=1S/C24H29N5O5S/c1-15(2)22(16-6-7-17-19(13-16)34-12-4-11-32-17)26-21(31)14-35-24-28-27-23(18-5-3-10-33-18)29(24)9-8-20(25)30/h3,5-7,10,13,15,22H,4,8-9,11-12,14H2,1-2H3,(H2,25,30)(H,26,31)/t22-/m0/s1. The summed E-state index contributed by atoms with van der Waals surface area (Å²) in [5, 5.41) is 12.0. The molecule has 4 rings (SSSR count). The van der Waals surface area contributed by atoms with Crippen molar-refractivity contribution in [2.24, 2.45) is 11.7 Å². The summed E-state index contributed by atoms with van der Waals surface area (Å²) in [4.78, 5) is 24.3.